The molecule has 0 amide bonds. The second kappa shape index (κ2) is 5.73. The van der Waals surface area contributed by atoms with Crippen molar-refractivity contribution in [3.05, 3.63) is 53.7 Å². The molecule has 0 fully saturated rings. The number of carbonyl (C=O) groups excluding carboxylic acids is 1. The van der Waals surface area contributed by atoms with E-state index < -0.39 is 5.82 Å². The predicted octanol–water partition coefficient (Wildman–Crippen LogP) is 3.24. The van der Waals surface area contributed by atoms with Crippen molar-refractivity contribution >= 4 is 17.5 Å². The highest BCUT2D eigenvalue weighted by molar-refractivity contribution is 7.99. The quantitative estimate of drug-likeness (QED) is 0.844. The largest absolute Gasteiger partial charge is 0.507 e. The number of carbonyl (C=O) groups is 1. The topological polar surface area (TPSA) is 50.4 Å². The van der Waals surface area contributed by atoms with Crippen LogP contribution in [0.3, 0.4) is 0 Å². The smallest absolute Gasteiger partial charge is 0.176 e. The van der Waals surface area contributed by atoms with Crippen LogP contribution < -0.4 is 0 Å². The first-order valence-corrected chi connectivity index (χ1v) is 6.44. The lowest BCUT2D eigenvalue weighted by atomic mass is 10.1. The number of phenols is 1. The first-order valence-electron chi connectivity index (χ1n) is 5.28. The lowest BCUT2D eigenvalue weighted by Crippen LogP contribution is -2.03. The molecule has 0 aliphatic carbocycles. The molecule has 0 aliphatic rings. The average molecular weight is 266 g/mol. The molecule has 0 radical (unpaired) electrons. The minimum absolute atomic E-state index is 0.0157. The Kier molecular flexibility index (Phi) is 4.04. The van der Waals surface area contributed by atoms with Gasteiger partial charge in [-0.15, -0.1) is 11.8 Å². The zero-order chi connectivity index (χ0) is 13.0. The highest BCUT2D eigenvalue weighted by Gasteiger charge is 2.12. The number of ketones is 1. The van der Waals surface area contributed by atoms with E-state index in [1.807, 2.05) is 6.07 Å². The van der Waals surface area contributed by atoms with Crippen LogP contribution >= 0.6 is 11.8 Å². The molecule has 1 heterocycles. The Morgan fingerprint density at radius 1 is 1.39 bits per heavy atom. The minimum atomic E-state index is -0.535. The molecular formula is C13H11FO3S. The summed E-state index contributed by atoms with van der Waals surface area (Å²) < 4.78 is 18.1. The number of phenolic OH excluding ortho intramolecular Hbond substituents is 1. The Hall–Kier alpha value is -1.75. The number of Topliss-reactive ketones (excluding diaryl/α,β-unsaturated/α-hetero) is 1. The number of hydrogen-bond acceptors (Lipinski definition) is 4. The van der Waals surface area contributed by atoms with Crippen LogP contribution in [-0.4, -0.2) is 16.6 Å². The highest BCUT2D eigenvalue weighted by atomic mass is 32.2. The standard InChI is InChI=1S/C13H11FO3S/c14-9-3-4-12(15)11(6-9)13(16)8-18-7-10-2-1-5-17-10/h1-6,15H,7-8H2. The van der Waals surface area contributed by atoms with Gasteiger partial charge >= 0.3 is 0 Å². The predicted molar refractivity (Wildman–Crippen MR) is 67.3 cm³/mol. The molecule has 0 atom stereocenters. The number of rotatable bonds is 5. The van der Waals surface area contributed by atoms with Gasteiger partial charge in [-0.3, -0.25) is 4.79 Å². The monoisotopic (exact) mass is 266 g/mol. The van der Waals surface area contributed by atoms with E-state index in [0.717, 1.165) is 17.9 Å². The molecule has 2 rings (SSSR count). The van der Waals surface area contributed by atoms with E-state index in [0.29, 0.717) is 5.75 Å². The average Bonchev–Trinajstić information content (AvgIpc) is 2.85. The van der Waals surface area contributed by atoms with Crippen LogP contribution in [0, 0.1) is 5.82 Å². The summed E-state index contributed by atoms with van der Waals surface area (Å²) in [6.45, 7) is 0. The van der Waals surface area contributed by atoms with E-state index in [2.05, 4.69) is 0 Å². The summed E-state index contributed by atoms with van der Waals surface area (Å²) in [6, 6.07) is 6.93. The van der Waals surface area contributed by atoms with E-state index in [4.69, 9.17) is 4.42 Å². The third-order valence-electron chi connectivity index (χ3n) is 2.32. The van der Waals surface area contributed by atoms with Crippen LogP contribution in [0.15, 0.2) is 41.0 Å². The molecule has 0 bridgehead atoms. The molecule has 1 aromatic carbocycles. The fourth-order valence-corrected chi connectivity index (χ4v) is 2.26. The van der Waals surface area contributed by atoms with Gasteiger partial charge in [0.05, 0.1) is 23.3 Å². The molecule has 1 N–H and O–H groups in total. The summed E-state index contributed by atoms with van der Waals surface area (Å²) in [4.78, 5) is 11.8. The number of benzene rings is 1. The van der Waals surface area contributed by atoms with Crippen LogP contribution in [0.1, 0.15) is 16.1 Å². The molecule has 0 aliphatic heterocycles. The van der Waals surface area contributed by atoms with Gasteiger partial charge < -0.3 is 9.52 Å². The molecular weight excluding hydrogens is 255 g/mol. The molecule has 1 aromatic heterocycles. The summed E-state index contributed by atoms with van der Waals surface area (Å²) in [5.74, 6) is 0.471. The van der Waals surface area contributed by atoms with Crippen molar-refractivity contribution < 1.29 is 18.7 Å². The maximum Gasteiger partial charge on any atom is 0.176 e. The lowest BCUT2D eigenvalue weighted by Gasteiger charge is -2.03. The van der Waals surface area contributed by atoms with Crippen molar-refractivity contribution in [3.63, 3.8) is 0 Å². The molecule has 0 saturated carbocycles. The van der Waals surface area contributed by atoms with E-state index in [1.54, 1.807) is 12.3 Å². The molecule has 18 heavy (non-hydrogen) atoms. The molecule has 5 heteroatoms. The zero-order valence-corrected chi connectivity index (χ0v) is 10.2. The van der Waals surface area contributed by atoms with Crippen LogP contribution in [0.5, 0.6) is 5.75 Å². The Morgan fingerprint density at radius 3 is 2.94 bits per heavy atom. The van der Waals surface area contributed by atoms with Crippen LogP contribution in [-0.2, 0) is 5.75 Å². The summed E-state index contributed by atoms with van der Waals surface area (Å²) in [7, 11) is 0. The molecule has 94 valence electrons. The van der Waals surface area contributed by atoms with Gasteiger partial charge in [0.25, 0.3) is 0 Å². The zero-order valence-electron chi connectivity index (χ0n) is 9.43. The van der Waals surface area contributed by atoms with Gasteiger partial charge in [0, 0.05) is 0 Å². The minimum Gasteiger partial charge on any atom is -0.507 e. The first kappa shape index (κ1) is 12.7. The molecule has 3 nitrogen and oxygen atoms in total. The lowest BCUT2D eigenvalue weighted by molar-refractivity contribution is 0.101. The third kappa shape index (κ3) is 3.13. The maximum atomic E-state index is 13.0. The van der Waals surface area contributed by atoms with Gasteiger partial charge in [-0.25, -0.2) is 4.39 Å². The summed E-state index contributed by atoms with van der Waals surface area (Å²) in [5, 5.41) is 9.47. The summed E-state index contributed by atoms with van der Waals surface area (Å²) in [6.07, 6.45) is 1.57. The molecule has 0 unspecified atom stereocenters. The third-order valence-corrected chi connectivity index (χ3v) is 3.27. The number of thioether (sulfide) groups is 1. The fourth-order valence-electron chi connectivity index (χ4n) is 1.45. The molecule has 0 saturated heterocycles. The van der Waals surface area contributed by atoms with Crippen molar-refractivity contribution in [2.24, 2.45) is 0 Å². The van der Waals surface area contributed by atoms with Crippen LogP contribution in [0.2, 0.25) is 0 Å². The van der Waals surface area contributed by atoms with Gasteiger partial charge in [0.2, 0.25) is 0 Å². The normalized spacial score (nSPS) is 10.5. The SMILES string of the molecule is O=C(CSCc1ccco1)c1cc(F)ccc1O. The van der Waals surface area contributed by atoms with Crippen molar-refractivity contribution in [2.75, 3.05) is 5.75 Å². The van der Waals surface area contributed by atoms with Crippen molar-refractivity contribution in [1.29, 1.82) is 0 Å². The number of hydrogen-bond donors (Lipinski definition) is 1. The summed E-state index contributed by atoms with van der Waals surface area (Å²) >= 11 is 1.35. The van der Waals surface area contributed by atoms with Gasteiger partial charge in [0.1, 0.15) is 17.3 Å². The van der Waals surface area contributed by atoms with E-state index in [9.17, 15) is 14.3 Å². The Bertz CT molecular complexity index is 537. The van der Waals surface area contributed by atoms with E-state index >= 15 is 0 Å². The maximum absolute atomic E-state index is 13.0. The van der Waals surface area contributed by atoms with Crippen LogP contribution in [0.25, 0.3) is 0 Å². The van der Waals surface area contributed by atoms with Gasteiger partial charge in [-0.1, -0.05) is 0 Å². The van der Waals surface area contributed by atoms with Gasteiger partial charge in [-0.05, 0) is 30.3 Å². The Labute approximate surface area is 108 Å². The van der Waals surface area contributed by atoms with E-state index in [1.165, 1.54) is 17.8 Å². The second-order valence-corrected chi connectivity index (χ2v) is 4.64. The van der Waals surface area contributed by atoms with Crippen molar-refractivity contribution in [2.45, 2.75) is 5.75 Å². The number of furan rings is 1. The number of halogens is 1. The van der Waals surface area contributed by atoms with Gasteiger partial charge in [0.15, 0.2) is 5.78 Å². The van der Waals surface area contributed by atoms with Gasteiger partial charge in [-0.2, -0.15) is 0 Å². The molecule has 0 spiro atoms. The Balaban J connectivity index is 1.93. The van der Waals surface area contributed by atoms with Crippen molar-refractivity contribution in [3.8, 4) is 5.75 Å². The van der Waals surface area contributed by atoms with Crippen LogP contribution in [0.4, 0.5) is 4.39 Å². The molecule has 2 aromatic rings. The summed E-state index contributed by atoms with van der Waals surface area (Å²) in [5.41, 5.74) is 0.0157. The highest BCUT2D eigenvalue weighted by Crippen LogP contribution is 2.21. The fraction of sp³-hybridized carbons (Fsp3) is 0.154. The Morgan fingerprint density at radius 2 is 2.22 bits per heavy atom. The van der Waals surface area contributed by atoms with E-state index in [-0.39, 0.29) is 22.8 Å². The number of aromatic hydroxyl groups is 1. The first-order chi connectivity index (χ1) is 8.66. The second-order valence-electron chi connectivity index (χ2n) is 3.66. The van der Waals surface area contributed by atoms with Crippen molar-refractivity contribution in [1.82, 2.24) is 0 Å².